The molecule has 140 valence electrons. The number of nitriles is 1. The van der Waals surface area contributed by atoms with E-state index >= 15 is 0 Å². The van der Waals surface area contributed by atoms with Crippen molar-refractivity contribution in [2.75, 3.05) is 6.61 Å². The van der Waals surface area contributed by atoms with Gasteiger partial charge in [0.05, 0.1) is 5.56 Å². The van der Waals surface area contributed by atoms with Crippen LogP contribution in [0.25, 0.3) is 16.8 Å². The van der Waals surface area contributed by atoms with E-state index in [1.165, 1.54) is 0 Å². The van der Waals surface area contributed by atoms with E-state index in [1.54, 1.807) is 35.1 Å². The predicted octanol–water partition coefficient (Wildman–Crippen LogP) is 4.06. The molecule has 0 saturated heterocycles. The summed E-state index contributed by atoms with van der Waals surface area (Å²) in [6, 6.07) is 9.37. The number of halogens is 1. The lowest BCUT2D eigenvalue weighted by Crippen LogP contribution is -2.43. The monoisotopic (exact) mass is 383 g/mol. The second-order valence-corrected chi connectivity index (χ2v) is 7.83. The fourth-order valence-electron chi connectivity index (χ4n) is 3.24. The molecule has 1 unspecified atom stereocenters. The molecule has 0 aliphatic heterocycles. The van der Waals surface area contributed by atoms with Gasteiger partial charge in [0.15, 0.2) is 10.8 Å². The van der Waals surface area contributed by atoms with E-state index in [4.69, 9.17) is 22.1 Å². The third-order valence-corrected chi connectivity index (χ3v) is 4.36. The lowest BCUT2D eigenvalue weighted by atomic mass is 9.93. The smallest absolute Gasteiger partial charge is 0.161 e. The maximum Gasteiger partial charge on any atom is 0.161 e. The number of aromatic nitrogens is 3. The molecule has 27 heavy (non-hydrogen) atoms. The fourth-order valence-corrected chi connectivity index (χ4v) is 3.43. The van der Waals surface area contributed by atoms with Gasteiger partial charge in [0.1, 0.15) is 18.4 Å². The highest BCUT2D eigenvalue weighted by Gasteiger charge is 2.22. The van der Waals surface area contributed by atoms with Gasteiger partial charge in [0, 0.05) is 23.5 Å². The Morgan fingerprint density at radius 3 is 2.85 bits per heavy atom. The van der Waals surface area contributed by atoms with Crippen LogP contribution in [0.2, 0.25) is 5.15 Å². The summed E-state index contributed by atoms with van der Waals surface area (Å²) in [6.07, 6.45) is 4.21. The van der Waals surface area contributed by atoms with E-state index in [9.17, 15) is 5.26 Å². The van der Waals surface area contributed by atoms with Crippen LogP contribution in [0.15, 0.2) is 36.7 Å². The Morgan fingerprint density at radius 2 is 2.15 bits per heavy atom. The first kappa shape index (κ1) is 19.2. The quantitative estimate of drug-likeness (QED) is 0.693. The molecule has 1 aromatic carbocycles. The van der Waals surface area contributed by atoms with Crippen molar-refractivity contribution in [1.29, 1.82) is 5.26 Å². The first-order valence-electron chi connectivity index (χ1n) is 8.75. The Labute approximate surface area is 163 Å². The molecule has 0 aliphatic carbocycles. The van der Waals surface area contributed by atoms with Gasteiger partial charge in [-0.2, -0.15) is 10.4 Å². The summed E-state index contributed by atoms with van der Waals surface area (Å²) in [5.74, 6) is 0.982. The van der Waals surface area contributed by atoms with Crippen LogP contribution >= 0.6 is 11.6 Å². The minimum absolute atomic E-state index is 0.338. The number of hydrogen-bond donors (Lipinski definition) is 1. The molecule has 6 nitrogen and oxygen atoms in total. The lowest BCUT2D eigenvalue weighted by molar-refractivity contribution is 0.206. The number of benzene rings is 1. The summed E-state index contributed by atoms with van der Waals surface area (Å²) in [6.45, 7) is 6.54. The van der Waals surface area contributed by atoms with Gasteiger partial charge in [0.2, 0.25) is 0 Å². The second kappa shape index (κ2) is 7.55. The van der Waals surface area contributed by atoms with Gasteiger partial charge in [-0.15, -0.1) is 0 Å². The number of rotatable bonds is 6. The number of hydrogen-bond acceptors (Lipinski definition) is 5. The van der Waals surface area contributed by atoms with Crippen LogP contribution in [-0.2, 0) is 0 Å². The van der Waals surface area contributed by atoms with E-state index < -0.39 is 5.54 Å². The Hall–Kier alpha value is -2.62. The third kappa shape index (κ3) is 4.38. The molecule has 2 N–H and O–H groups in total. The number of nitrogens with two attached hydrogens (primary N) is 1. The highest BCUT2D eigenvalue weighted by molar-refractivity contribution is 6.29. The Balaban J connectivity index is 1.91. The summed E-state index contributed by atoms with van der Waals surface area (Å²) >= 11 is 6.11. The molecule has 7 heteroatoms. The van der Waals surface area contributed by atoms with Gasteiger partial charge in [-0.25, -0.2) is 9.50 Å². The van der Waals surface area contributed by atoms with Crippen molar-refractivity contribution < 1.29 is 4.74 Å². The topological polar surface area (TPSA) is 89.2 Å². The van der Waals surface area contributed by atoms with Gasteiger partial charge in [-0.05, 0) is 43.0 Å². The van der Waals surface area contributed by atoms with Crippen molar-refractivity contribution in [3.63, 3.8) is 0 Å². The molecule has 0 saturated carbocycles. The van der Waals surface area contributed by atoms with Crippen LogP contribution in [0.3, 0.4) is 0 Å². The molecular weight excluding hydrogens is 362 g/mol. The van der Waals surface area contributed by atoms with E-state index in [1.807, 2.05) is 13.0 Å². The Kier molecular flexibility index (Phi) is 5.36. The lowest BCUT2D eigenvalue weighted by Gasteiger charge is -2.26. The molecule has 2 heterocycles. The van der Waals surface area contributed by atoms with Gasteiger partial charge < -0.3 is 10.5 Å². The van der Waals surface area contributed by atoms with Crippen molar-refractivity contribution in [2.45, 2.75) is 32.7 Å². The van der Waals surface area contributed by atoms with Crippen molar-refractivity contribution in [1.82, 2.24) is 14.6 Å². The van der Waals surface area contributed by atoms with Gasteiger partial charge in [-0.3, -0.25) is 0 Å². The molecule has 0 spiro atoms. The van der Waals surface area contributed by atoms with E-state index in [0.29, 0.717) is 34.6 Å². The van der Waals surface area contributed by atoms with Crippen molar-refractivity contribution in [3.05, 3.63) is 47.4 Å². The maximum absolute atomic E-state index is 9.57. The standard InChI is InChI=1S/C20H22ClN5O/c1-13(2)10-20(3,23)12-27-17-5-4-14(8-15(17)11-22)16-9-18(21)25-26-7-6-24-19(16)26/h4-9,13H,10,12,23H2,1-3H3. The molecule has 3 aromatic rings. The zero-order valence-corrected chi connectivity index (χ0v) is 16.4. The number of nitrogens with zero attached hydrogens (tertiary/aromatic N) is 4. The third-order valence-electron chi connectivity index (χ3n) is 4.17. The maximum atomic E-state index is 9.57. The summed E-state index contributed by atoms with van der Waals surface area (Å²) in [7, 11) is 0. The largest absolute Gasteiger partial charge is 0.490 e. The zero-order chi connectivity index (χ0) is 19.6. The van der Waals surface area contributed by atoms with Crippen molar-refractivity contribution in [2.24, 2.45) is 11.7 Å². The minimum Gasteiger partial charge on any atom is -0.490 e. The van der Waals surface area contributed by atoms with E-state index in [2.05, 4.69) is 30.0 Å². The molecule has 0 fully saturated rings. The molecule has 0 aliphatic rings. The van der Waals surface area contributed by atoms with Crippen molar-refractivity contribution in [3.8, 4) is 22.9 Å². The van der Waals surface area contributed by atoms with Gasteiger partial charge in [0.25, 0.3) is 0 Å². The van der Waals surface area contributed by atoms with Crippen LogP contribution in [0.1, 0.15) is 32.8 Å². The van der Waals surface area contributed by atoms with Crippen LogP contribution in [0.4, 0.5) is 0 Å². The highest BCUT2D eigenvalue weighted by atomic mass is 35.5. The van der Waals surface area contributed by atoms with Gasteiger partial charge in [-0.1, -0.05) is 31.5 Å². The minimum atomic E-state index is -0.458. The molecule has 0 bridgehead atoms. The first-order valence-corrected chi connectivity index (χ1v) is 9.13. The predicted molar refractivity (Wildman–Crippen MR) is 106 cm³/mol. The normalized spacial score (nSPS) is 13.5. The van der Waals surface area contributed by atoms with E-state index in [0.717, 1.165) is 17.5 Å². The van der Waals surface area contributed by atoms with Crippen LogP contribution in [0, 0.1) is 17.2 Å². The molecule has 0 radical (unpaired) electrons. The highest BCUT2D eigenvalue weighted by Crippen LogP contribution is 2.30. The second-order valence-electron chi connectivity index (χ2n) is 7.44. The SMILES string of the molecule is CC(C)CC(C)(N)COc1ccc(-c2cc(Cl)nn3ccnc23)cc1C#N. The van der Waals surface area contributed by atoms with Crippen molar-refractivity contribution >= 4 is 17.2 Å². The Morgan fingerprint density at radius 1 is 1.37 bits per heavy atom. The number of ether oxygens (including phenoxy) is 1. The average molecular weight is 384 g/mol. The molecule has 3 rings (SSSR count). The van der Waals surface area contributed by atoms with Crippen LogP contribution in [0.5, 0.6) is 5.75 Å². The summed E-state index contributed by atoms with van der Waals surface area (Å²) in [5.41, 5.74) is 8.57. The summed E-state index contributed by atoms with van der Waals surface area (Å²) in [5, 5.41) is 14.1. The van der Waals surface area contributed by atoms with E-state index in [-0.39, 0.29) is 0 Å². The molecular formula is C20H22ClN5O. The molecule has 0 amide bonds. The van der Waals surface area contributed by atoms with Crippen LogP contribution < -0.4 is 10.5 Å². The van der Waals surface area contributed by atoms with Gasteiger partial charge >= 0.3 is 0 Å². The number of fused-ring (bicyclic) bond motifs is 1. The van der Waals surface area contributed by atoms with Crippen LogP contribution in [-0.4, -0.2) is 26.7 Å². The average Bonchev–Trinajstić information content (AvgIpc) is 3.06. The summed E-state index contributed by atoms with van der Waals surface area (Å²) in [4.78, 5) is 4.32. The fraction of sp³-hybridized carbons (Fsp3) is 0.350. The first-order chi connectivity index (χ1) is 12.8. The molecule has 1 atom stereocenters. The Bertz CT molecular complexity index is 1000. The summed E-state index contributed by atoms with van der Waals surface area (Å²) < 4.78 is 7.49. The number of imidazole rings is 1. The zero-order valence-electron chi connectivity index (χ0n) is 15.6. The molecule has 2 aromatic heterocycles.